The number of nitrogens with two attached hydrogens (primary N) is 1. The molecule has 2 unspecified atom stereocenters. The third-order valence-corrected chi connectivity index (χ3v) is 10.0. The Bertz CT molecular complexity index is 1210. The summed E-state index contributed by atoms with van der Waals surface area (Å²) in [5.74, 6) is 0.700. The van der Waals surface area contributed by atoms with Crippen LogP contribution in [0.5, 0.6) is 0 Å². The molecule has 0 spiro atoms. The number of nitrogens with zero attached hydrogens (tertiary/aromatic N) is 1. The van der Waals surface area contributed by atoms with Gasteiger partial charge >= 0.3 is 0 Å². The van der Waals surface area contributed by atoms with Crippen LogP contribution in [0.25, 0.3) is 11.3 Å². The van der Waals surface area contributed by atoms with E-state index in [0.717, 1.165) is 58.4 Å². The fraction of sp³-hybridized carbons (Fsp3) is 0.458. The number of hydrogen-bond donors (Lipinski definition) is 2. The smallest absolute Gasteiger partial charge is 0.221 e. The number of aryl methyl sites for hydroxylation is 1. The summed E-state index contributed by atoms with van der Waals surface area (Å²) in [5, 5.41) is 9.89. The minimum Gasteiger partial charge on any atom is -0.375 e. The third kappa shape index (κ3) is 5.26. The van der Waals surface area contributed by atoms with E-state index < -0.39 is 20.9 Å². The van der Waals surface area contributed by atoms with Gasteiger partial charge in [-0.25, -0.2) is 22.9 Å². The van der Waals surface area contributed by atoms with Crippen LogP contribution >= 0.6 is 23.1 Å². The number of nitrogens with one attached hydrogen (secondary N) is 1. The number of anilines is 1. The molecular formula is C24H30FN3O3S3. The Morgan fingerprint density at radius 1 is 1.32 bits per heavy atom. The lowest BCUT2D eigenvalue weighted by molar-refractivity contribution is 0.110. The second-order valence-electron chi connectivity index (χ2n) is 8.67. The van der Waals surface area contributed by atoms with Crippen LogP contribution in [0.2, 0.25) is 0 Å². The number of thiazole rings is 1. The van der Waals surface area contributed by atoms with Gasteiger partial charge in [-0.15, -0.1) is 23.1 Å². The average molecular weight is 524 g/mol. The van der Waals surface area contributed by atoms with Gasteiger partial charge in [-0.3, -0.25) is 0 Å². The standard InChI is InChI=1S/C24H30FN3O3S3/c1-16-6-9-21(31-2)24(15-16,34(26,29)30)11-4-3-5-12-27-23-28-22-18-14-17(25)7-8-19(18)32-13-10-20(22)33-23/h6-9,14-15,21H,3-5,10-13H2,1-2H3,(H,27,28)(H2,26,29,30). The number of hydrogen-bond acceptors (Lipinski definition) is 7. The molecule has 34 heavy (non-hydrogen) atoms. The van der Waals surface area contributed by atoms with Crippen molar-refractivity contribution in [2.45, 2.75) is 54.8 Å². The van der Waals surface area contributed by atoms with Gasteiger partial charge < -0.3 is 10.1 Å². The Balaban J connectivity index is 1.34. The van der Waals surface area contributed by atoms with Gasteiger partial charge in [0.15, 0.2) is 5.13 Å². The molecule has 0 saturated heterocycles. The van der Waals surface area contributed by atoms with Crippen molar-refractivity contribution >= 4 is 38.3 Å². The number of aromatic nitrogens is 1. The summed E-state index contributed by atoms with van der Waals surface area (Å²) in [6.07, 6.45) is 8.49. The third-order valence-electron chi connectivity index (χ3n) is 6.27. The monoisotopic (exact) mass is 523 g/mol. The molecule has 2 aromatic rings. The van der Waals surface area contributed by atoms with Gasteiger partial charge in [-0.2, -0.15) is 0 Å². The van der Waals surface area contributed by atoms with Crippen molar-refractivity contribution in [1.29, 1.82) is 0 Å². The molecule has 2 atom stereocenters. The van der Waals surface area contributed by atoms with Crippen molar-refractivity contribution in [3.63, 3.8) is 0 Å². The van der Waals surface area contributed by atoms with E-state index in [1.165, 1.54) is 18.1 Å². The van der Waals surface area contributed by atoms with Crippen LogP contribution in [-0.2, 0) is 21.2 Å². The molecule has 1 aliphatic carbocycles. The topological polar surface area (TPSA) is 94.3 Å². The van der Waals surface area contributed by atoms with Crippen LogP contribution in [0.15, 0.2) is 46.9 Å². The number of rotatable bonds is 9. The highest BCUT2D eigenvalue weighted by molar-refractivity contribution is 7.99. The predicted octanol–water partition coefficient (Wildman–Crippen LogP) is 5.13. The fourth-order valence-electron chi connectivity index (χ4n) is 4.57. The van der Waals surface area contributed by atoms with E-state index in [2.05, 4.69) is 5.32 Å². The molecule has 0 fully saturated rings. The summed E-state index contributed by atoms with van der Waals surface area (Å²) in [5.41, 5.74) is 2.61. The second kappa shape index (κ2) is 10.5. The lowest BCUT2D eigenvalue weighted by Gasteiger charge is -2.36. The molecule has 0 radical (unpaired) electrons. The first-order valence-corrected chi connectivity index (χ1v) is 14.7. The quantitative estimate of drug-likeness (QED) is 0.443. The molecule has 184 valence electrons. The number of unbranched alkanes of at least 4 members (excludes halogenated alkanes) is 2. The van der Waals surface area contributed by atoms with E-state index in [1.54, 1.807) is 41.3 Å². The van der Waals surface area contributed by atoms with Gasteiger partial charge in [0.2, 0.25) is 10.0 Å². The van der Waals surface area contributed by atoms with Crippen LogP contribution in [-0.4, -0.2) is 43.7 Å². The number of primary sulfonamides is 1. The maximum atomic E-state index is 13.8. The predicted molar refractivity (Wildman–Crippen MR) is 138 cm³/mol. The lowest BCUT2D eigenvalue weighted by atomic mass is 9.88. The number of methoxy groups -OCH3 is 1. The highest BCUT2D eigenvalue weighted by atomic mass is 32.2. The second-order valence-corrected chi connectivity index (χ2v) is 12.7. The van der Waals surface area contributed by atoms with Gasteiger partial charge in [0.25, 0.3) is 0 Å². The zero-order chi connectivity index (χ0) is 24.3. The molecule has 0 bridgehead atoms. The summed E-state index contributed by atoms with van der Waals surface area (Å²) in [6.45, 7) is 2.59. The van der Waals surface area contributed by atoms with Crippen molar-refractivity contribution in [2.24, 2.45) is 5.14 Å². The van der Waals surface area contributed by atoms with Crippen LogP contribution in [0.4, 0.5) is 9.52 Å². The van der Waals surface area contributed by atoms with Gasteiger partial charge in [0, 0.05) is 34.7 Å². The van der Waals surface area contributed by atoms with Crippen LogP contribution in [0.1, 0.15) is 37.5 Å². The minimum absolute atomic E-state index is 0.249. The first-order chi connectivity index (χ1) is 16.2. The molecule has 1 aromatic carbocycles. The van der Waals surface area contributed by atoms with Gasteiger partial charge in [-0.1, -0.05) is 36.6 Å². The van der Waals surface area contributed by atoms with E-state index in [-0.39, 0.29) is 5.82 Å². The summed E-state index contributed by atoms with van der Waals surface area (Å²) >= 11 is 3.36. The van der Waals surface area contributed by atoms with E-state index in [9.17, 15) is 12.8 Å². The van der Waals surface area contributed by atoms with Crippen molar-refractivity contribution in [3.05, 3.63) is 52.7 Å². The molecule has 1 aromatic heterocycles. The fourth-order valence-corrected chi connectivity index (χ4v) is 7.98. The number of fused-ring (bicyclic) bond motifs is 3. The van der Waals surface area contributed by atoms with Crippen molar-refractivity contribution in [3.8, 4) is 11.3 Å². The molecule has 6 nitrogen and oxygen atoms in total. The van der Waals surface area contributed by atoms with Crippen LogP contribution in [0.3, 0.4) is 0 Å². The SMILES string of the molecule is COC1C=CC(C)=CC1(CCCCCNc1nc2c(s1)CCSc1ccc(F)cc1-2)S(N)(=O)=O. The lowest BCUT2D eigenvalue weighted by Crippen LogP contribution is -2.52. The Morgan fingerprint density at radius 2 is 2.15 bits per heavy atom. The Hall–Kier alpha value is -1.72. The zero-order valence-electron chi connectivity index (χ0n) is 19.3. The number of halogens is 1. The van der Waals surface area contributed by atoms with Crippen LogP contribution in [0, 0.1) is 5.82 Å². The van der Waals surface area contributed by atoms with E-state index in [0.29, 0.717) is 12.8 Å². The number of allylic oxidation sites excluding steroid dienone is 2. The van der Waals surface area contributed by atoms with Gasteiger partial charge in [0.1, 0.15) is 10.6 Å². The first kappa shape index (κ1) is 25.4. The van der Waals surface area contributed by atoms with Crippen molar-refractivity contribution < 1.29 is 17.5 Å². The Labute approximate surface area is 208 Å². The molecule has 2 aliphatic rings. The molecule has 3 N–H and O–H groups in total. The van der Waals surface area contributed by atoms with E-state index in [1.807, 2.05) is 19.1 Å². The average Bonchev–Trinajstić information content (AvgIpc) is 3.11. The summed E-state index contributed by atoms with van der Waals surface area (Å²) in [4.78, 5) is 7.00. The number of thioether (sulfide) groups is 1. The summed E-state index contributed by atoms with van der Waals surface area (Å²) < 4.78 is 43.1. The molecule has 4 rings (SSSR count). The van der Waals surface area contributed by atoms with Crippen molar-refractivity contribution in [1.82, 2.24) is 4.98 Å². The molecule has 1 aliphatic heterocycles. The molecular weight excluding hydrogens is 493 g/mol. The Kier molecular flexibility index (Phi) is 7.83. The molecule has 0 amide bonds. The number of ether oxygens (including phenoxy) is 1. The molecule has 2 heterocycles. The molecule has 10 heteroatoms. The Morgan fingerprint density at radius 3 is 2.91 bits per heavy atom. The van der Waals surface area contributed by atoms with Crippen molar-refractivity contribution in [2.75, 3.05) is 24.7 Å². The largest absolute Gasteiger partial charge is 0.375 e. The van der Waals surface area contributed by atoms with Gasteiger partial charge in [0.05, 0.1) is 11.8 Å². The number of sulfonamides is 1. The maximum absolute atomic E-state index is 13.8. The highest BCUT2D eigenvalue weighted by Crippen LogP contribution is 2.41. The first-order valence-electron chi connectivity index (χ1n) is 11.3. The summed E-state index contributed by atoms with van der Waals surface area (Å²) in [6, 6.07) is 4.90. The number of benzene rings is 1. The van der Waals surface area contributed by atoms with Crippen LogP contribution < -0.4 is 10.5 Å². The van der Waals surface area contributed by atoms with E-state index >= 15 is 0 Å². The maximum Gasteiger partial charge on any atom is 0.221 e. The summed E-state index contributed by atoms with van der Waals surface area (Å²) in [7, 11) is -2.35. The zero-order valence-corrected chi connectivity index (χ0v) is 21.8. The molecule has 0 saturated carbocycles. The highest BCUT2D eigenvalue weighted by Gasteiger charge is 2.47. The van der Waals surface area contributed by atoms with E-state index in [4.69, 9.17) is 14.9 Å². The normalized spacial score (nSPS) is 22.0. The minimum atomic E-state index is -3.85. The van der Waals surface area contributed by atoms with Gasteiger partial charge in [-0.05, 0) is 44.4 Å².